The van der Waals surface area contributed by atoms with Crippen molar-refractivity contribution < 1.29 is 29.3 Å². The minimum atomic E-state index is -1.03. The minimum Gasteiger partial charge on any atom is -0.508 e. The number of aliphatic carboxylic acids is 1. The number of halogens is 1. The van der Waals surface area contributed by atoms with Crippen LogP contribution >= 0.6 is 15.9 Å². The highest BCUT2D eigenvalue weighted by Crippen LogP contribution is 2.44. The van der Waals surface area contributed by atoms with E-state index in [0.29, 0.717) is 34.1 Å². The molecule has 0 spiro atoms. The quantitative estimate of drug-likeness (QED) is 0.281. The number of rotatable bonds is 9. The maximum absolute atomic E-state index is 12.7. The highest BCUT2D eigenvalue weighted by Gasteiger charge is 2.35. The van der Waals surface area contributed by atoms with Gasteiger partial charge < -0.3 is 14.9 Å². The Balaban J connectivity index is 2.25. The molecule has 0 saturated heterocycles. The van der Waals surface area contributed by atoms with E-state index in [0.717, 1.165) is 6.08 Å². The third-order valence-corrected chi connectivity index (χ3v) is 5.45. The number of phenols is 1. The maximum Gasteiger partial charge on any atom is 0.412 e. The molecule has 7 nitrogen and oxygen atoms in total. The van der Waals surface area contributed by atoms with Crippen molar-refractivity contribution in [1.82, 2.24) is 0 Å². The molecule has 0 bridgehead atoms. The van der Waals surface area contributed by atoms with Crippen LogP contribution in [-0.2, 0) is 9.53 Å². The number of benzene rings is 2. The lowest BCUT2D eigenvalue weighted by molar-refractivity contribution is -0.131. The number of amides is 1. The van der Waals surface area contributed by atoms with Crippen molar-refractivity contribution in [2.45, 2.75) is 39.7 Å². The first-order valence-electron chi connectivity index (χ1n) is 9.96. The number of carboxylic acids is 1. The number of hydrogen-bond donors (Lipinski definition) is 3. The zero-order valence-corrected chi connectivity index (χ0v) is 19.7. The fourth-order valence-corrected chi connectivity index (χ4v) is 3.57. The first-order chi connectivity index (χ1) is 15.0. The number of carbonyl (C=O) groups excluding carboxylic acids is 2. The predicted molar refractivity (Wildman–Crippen MR) is 125 cm³/mol. The van der Waals surface area contributed by atoms with Gasteiger partial charge in [0.05, 0.1) is 0 Å². The van der Waals surface area contributed by atoms with Crippen LogP contribution in [0, 0.1) is 5.41 Å². The third kappa shape index (κ3) is 7.23. The van der Waals surface area contributed by atoms with Crippen LogP contribution < -0.4 is 5.32 Å². The molecule has 1 atom stereocenters. The molecule has 8 heteroatoms. The summed E-state index contributed by atoms with van der Waals surface area (Å²) in [5.74, 6) is -1.13. The zero-order valence-electron chi connectivity index (χ0n) is 18.1. The van der Waals surface area contributed by atoms with E-state index in [1.807, 2.05) is 13.8 Å². The van der Waals surface area contributed by atoms with Gasteiger partial charge in [0.25, 0.3) is 0 Å². The molecule has 0 fully saturated rings. The molecule has 2 aromatic rings. The van der Waals surface area contributed by atoms with Gasteiger partial charge in [-0.25, -0.2) is 9.59 Å². The predicted octanol–water partition coefficient (Wildman–Crippen LogP) is 6.09. The second-order valence-corrected chi connectivity index (χ2v) is 8.93. The molecule has 32 heavy (non-hydrogen) atoms. The standard InChI is InChI=1S/C24H26BrNO6/c1-15(27)16-7-10-18(11-8-16)26-23(31)32-22(19-14-17(25)9-12-20(19)28)24(2,3)13-5-4-6-21(29)30/h4,6-12,14,22,28H,5,13H2,1-3H3,(H,26,31)(H,29,30)/b6-4+/t22-/m0/s1. The summed E-state index contributed by atoms with van der Waals surface area (Å²) in [4.78, 5) is 34.8. The highest BCUT2D eigenvalue weighted by atomic mass is 79.9. The van der Waals surface area contributed by atoms with Crippen molar-refractivity contribution in [3.8, 4) is 5.75 Å². The SMILES string of the molecule is CC(=O)c1ccc(NC(=O)O[C@@H](c2cc(Br)ccc2O)C(C)(C)CC/C=C/C(=O)O)cc1. The number of ketones is 1. The molecule has 0 aromatic heterocycles. The molecular weight excluding hydrogens is 478 g/mol. The average molecular weight is 504 g/mol. The summed E-state index contributed by atoms with van der Waals surface area (Å²) in [6, 6.07) is 11.3. The van der Waals surface area contributed by atoms with Crippen molar-refractivity contribution in [2.75, 3.05) is 5.32 Å². The van der Waals surface area contributed by atoms with Gasteiger partial charge in [-0.1, -0.05) is 35.9 Å². The number of hydrogen-bond acceptors (Lipinski definition) is 5. The fraction of sp³-hybridized carbons (Fsp3) is 0.292. The van der Waals surface area contributed by atoms with Crippen molar-refractivity contribution in [3.63, 3.8) is 0 Å². The smallest absolute Gasteiger partial charge is 0.412 e. The molecule has 0 aliphatic heterocycles. The van der Waals surface area contributed by atoms with E-state index < -0.39 is 23.6 Å². The normalized spacial score (nSPS) is 12.4. The van der Waals surface area contributed by atoms with Crippen LogP contribution in [0.5, 0.6) is 5.75 Å². The number of carbonyl (C=O) groups is 3. The van der Waals surface area contributed by atoms with E-state index in [1.54, 1.807) is 42.5 Å². The highest BCUT2D eigenvalue weighted by molar-refractivity contribution is 9.10. The summed E-state index contributed by atoms with van der Waals surface area (Å²) in [6.45, 7) is 5.21. The second kappa shape index (κ2) is 10.9. The Morgan fingerprint density at radius 1 is 1.16 bits per heavy atom. The van der Waals surface area contributed by atoms with Gasteiger partial charge in [-0.15, -0.1) is 0 Å². The van der Waals surface area contributed by atoms with Crippen molar-refractivity contribution in [1.29, 1.82) is 0 Å². The number of ether oxygens (including phenoxy) is 1. The van der Waals surface area contributed by atoms with Crippen molar-refractivity contribution in [2.24, 2.45) is 5.41 Å². The van der Waals surface area contributed by atoms with E-state index in [9.17, 15) is 19.5 Å². The Hall–Kier alpha value is -3.13. The van der Waals surface area contributed by atoms with Crippen LogP contribution in [-0.4, -0.2) is 28.1 Å². The van der Waals surface area contributed by atoms with Gasteiger partial charge in [0, 0.05) is 32.8 Å². The number of aromatic hydroxyl groups is 1. The summed E-state index contributed by atoms with van der Waals surface area (Å²) >= 11 is 3.38. The topological polar surface area (TPSA) is 113 Å². The van der Waals surface area contributed by atoms with Crippen LogP contribution in [0.3, 0.4) is 0 Å². The number of anilines is 1. The van der Waals surface area contributed by atoms with Gasteiger partial charge in [0.15, 0.2) is 5.78 Å². The summed E-state index contributed by atoms with van der Waals surface area (Å²) in [5, 5.41) is 21.9. The Morgan fingerprint density at radius 3 is 2.41 bits per heavy atom. The van der Waals surface area contributed by atoms with Crippen LogP contribution in [0.2, 0.25) is 0 Å². The van der Waals surface area contributed by atoms with E-state index in [-0.39, 0.29) is 11.5 Å². The molecular formula is C24H26BrNO6. The molecule has 0 unspecified atom stereocenters. The molecule has 3 N–H and O–H groups in total. The first-order valence-corrected chi connectivity index (χ1v) is 10.8. The van der Waals surface area contributed by atoms with E-state index >= 15 is 0 Å². The van der Waals surface area contributed by atoms with Gasteiger partial charge in [-0.05, 0) is 62.2 Å². The minimum absolute atomic E-state index is 0.0223. The maximum atomic E-state index is 12.7. The lowest BCUT2D eigenvalue weighted by Crippen LogP contribution is -2.29. The van der Waals surface area contributed by atoms with Crippen LogP contribution in [0.25, 0.3) is 0 Å². The van der Waals surface area contributed by atoms with E-state index in [1.165, 1.54) is 13.0 Å². The molecule has 0 heterocycles. The number of phenolic OH excluding ortho intramolecular Hbond substituents is 1. The second-order valence-electron chi connectivity index (χ2n) is 8.01. The lowest BCUT2D eigenvalue weighted by atomic mass is 9.78. The molecule has 2 rings (SSSR count). The number of carboxylic acid groups (broad SMARTS) is 1. The zero-order chi connectivity index (χ0) is 23.9. The van der Waals surface area contributed by atoms with Gasteiger partial charge in [-0.3, -0.25) is 10.1 Å². The van der Waals surface area contributed by atoms with Crippen molar-refractivity contribution in [3.05, 3.63) is 70.2 Å². The fourth-order valence-electron chi connectivity index (χ4n) is 3.19. The summed E-state index contributed by atoms with van der Waals surface area (Å²) in [6.07, 6.45) is 2.00. The molecule has 0 aliphatic rings. The summed E-state index contributed by atoms with van der Waals surface area (Å²) in [7, 11) is 0. The van der Waals surface area contributed by atoms with Gasteiger partial charge in [-0.2, -0.15) is 0 Å². The van der Waals surface area contributed by atoms with E-state index in [2.05, 4.69) is 21.2 Å². The first kappa shape index (κ1) is 25.1. The summed E-state index contributed by atoms with van der Waals surface area (Å²) < 4.78 is 6.47. The molecule has 2 aromatic carbocycles. The van der Waals surface area contributed by atoms with Crippen LogP contribution in [0.4, 0.5) is 10.5 Å². The monoisotopic (exact) mass is 503 g/mol. The molecule has 170 valence electrons. The van der Waals surface area contributed by atoms with Crippen molar-refractivity contribution >= 4 is 39.5 Å². The third-order valence-electron chi connectivity index (χ3n) is 4.96. The Morgan fingerprint density at radius 2 is 1.81 bits per heavy atom. The van der Waals surface area contributed by atoms with Gasteiger partial charge >= 0.3 is 12.1 Å². The molecule has 0 radical (unpaired) electrons. The Kier molecular flexibility index (Phi) is 8.60. The Bertz CT molecular complexity index is 1010. The number of nitrogens with one attached hydrogen (secondary N) is 1. The number of allylic oxidation sites excluding steroid dienone is 1. The molecule has 1 amide bonds. The molecule has 0 saturated carbocycles. The van der Waals surface area contributed by atoms with Crippen LogP contribution in [0.1, 0.15) is 55.6 Å². The number of Topliss-reactive ketones (excluding diaryl/α,β-unsaturated/α-hetero) is 1. The van der Waals surface area contributed by atoms with Gasteiger partial charge in [0.1, 0.15) is 11.9 Å². The molecule has 0 aliphatic carbocycles. The average Bonchev–Trinajstić information content (AvgIpc) is 2.71. The van der Waals surface area contributed by atoms with E-state index in [4.69, 9.17) is 9.84 Å². The van der Waals surface area contributed by atoms with Crippen LogP contribution in [0.15, 0.2) is 59.1 Å². The Labute approximate surface area is 195 Å². The van der Waals surface area contributed by atoms with Gasteiger partial charge in [0.2, 0.25) is 0 Å². The summed E-state index contributed by atoms with van der Waals surface area (Å²) in [5.41, 5.74) is 0.765. The largest absolute Gasteiger partial charge is 0.508 e. The lowest BCUT2D eigenvalue weighted by Gasteiger charge is -2.34.